The zero-order valence-electron chi connectivity index (χ0n) is 13.8. The van der Waals surface area contributed by atoms with E-state index in [1.165, 1.54) is 12.8 Å². The van der Waals surface area contributed by atoms with Crippen molar-refractivity contribution in [2.45, 2.75) is 44.5 Å². The summed E-state index contributed by atoms with van der Waals surface area (Å²) in [5.41, 5.74) is 0.711. The number of anilines is 1. The third-order valence-corrected chi connectivity index (χ3v) is 6.33. The van der Waals surface area contributed by atoms with E-state index in [1.54, 1.807) is 0 Å². The zero-order chi connectivity index (χ0) is 16.3. The fourth-order valence-electron chi connectivity index (χ4n) is 5.52. The van der Waals surface area contributed by atoms with Crippen LogP contribution in [0.25, 0.3) is 0 Å². The SMILES string of the molecule is CCOc1cccc(NC(=O)O[C@H]2C[C@@H]3C[C@@H]2[C@H]2C[C@H]4O[C@@H]4[C@H]32)c1. The predicted octanol–water partition coefficient (Wildman–Crippen LogP) is 3.45. The molecule has 1 aliphatic heterocycles. The molecule has 1 aromatic rings. The van der Waals surface area contributed by atoms with Crippen LogP contribution in [0.5, 0.6) is 5.75 Å². The van der Waals surface area contributed by atoms with Gasteiger partial charge in [-0.25, -0.2) is 4.79 Å². The summed E-state index contributed by atoms with van der Waals surface area (Å²) in [6, 6.07) is 7.42. The topological polar surface area (TPSA) is 60.1 Å². The van der Waals surface area contributed by atoms with Gasteiger partial charge in [0.2, 0.25) is 0 Å². The van der Waals surface area contributed by atoms with Gasteiger partial charge in [0, 0.05) is 11.8 Å². The van der Waals surface area contributed by atoms with Crippen LogP contribution in [0.1, 0.15) is 26.2 Å². The highest BCUT2D eigenvalue weighted by atomic mass is 16.6. The first-order chi connectivity index (χ1) is 11.7. The van der Waals surface area contributed by atoms with E-state index in [4.69, 9.17) is 14.2 Å². The molecule has 1 N–H and O–H groups in total. The number of benzene rings is 1. The lowest BCUT2D eigenvalue weighted by Gasteiger charge is -2.32. The maximum absolute atomic E-state index is 12.3. The molecule has 5 nitrogen and oxygen atoms in total. The Morgan fingerprint density at radius 1 is 1.29 bits per heavy atom. The van der Waals surface area contributed by atoms with Crippen LogP contribution < -0.4 is 10.1 Å². The summed E-state index contributed by atoms with van der Waals surface area (Å²) < 4.78 is 16.9. The van der Waals surface area contributed by atoms with Crippen molar-refractivity contribution in [2.75, 3.05) is 11.9 Å². The number of hydrogen-bond acceptors (Lipinski definition) is 4. The van der Waals surface area contributed by atoms with E-state index in [0.29, 0.717) is 42.3 Å². The molecule has 128 valence electrons. The maximum atomic E-state index is 12.3. The molecule has 2 bridgehead atoms. The Bertz CT molecular complexity index is 663. The van der Waals surface area contributed by atoms with Crippen molar-refractivity contribution in [3.63, 3.8) is 0 Å². The van der Waals surface area contributed by atoms with Gasteiger partial charge in [-0.3, -0.25) is 5.32 Å². The van der Waals surface area contributed by atoms with Gasteiger partial charge in [0.05, 0.1) is 18.8 Å². The fourth-order valence-corrected chi connectivity index (χ4v) is 5.52. The normalized spacial score (nSPS) is 40.8. The van der Waals surface area contributed by atoms with Crippen LogP contribution in [0.3, 0.4) is 0 Å². The molecule has 1 heterocycles. The molecule has 7 atom stereocenters. The number of epoxide rings is 1. The number of rotatable bonds is 4. The lowest BCUT2D eigenvalue weighted by molar-refractivity contribution is 0.0251. The van der Waals surface area contributed by atoms with E-state index in [1.807, 2.05) is 31.2 Å². The Hall–Kier alpha value is -1.75. The molecule has 0 radical (unpaired) electrons. The Labute approximate surface area is 141 Å². The van der Waals surface area contributed by atoms with E-state index in [9.17, 15) is 4.79 Å². The second-order valence-electron chi connectivity index (χ2n) is 7.54. The quantitative estimate of drug-likeness (QED) is 0.860. The molecular formula is C19H23NO4. The molecule has 5 heteroatoms. The molecule has 0 spiro atoms. The molecular weight excluding hydrogens is 306 g/mol. The fraction of sp³-hybridized carbons (Fsp3) is 0.632. The lowest BCUT2D eigenvalue weighted by atomic mass is 9.79. The average Bonchev–Trinajstić information content (AvgIpc) is 2.92. The second-order valence-corrected chi connectivity index (χ2v) is 7.54. The van der Waals surface area contributed by atoms with Crippen LogP contribution in [0.4, 0.5) is 10.5 Å². The van der Waals surface area contributed by atoms with Crippen molar-refractivity contribution in [3.05, 3.63) is 24.3 Å². The van der Waals surface area contributed by atoms with Gasteiger partial charge in [-0.1, -0.05) is 6.07 Å². The summed E-state index contributed by atoms with van der Waals surface area (Å²) in [6.07, 6.45) is 4.15. The maximum Gasteiger partial charge on any atom is 0.411 e. The summed E-state index contributed by atoms with van der Waals surface area (Å²) in [5.74, 6) is 3.44. The standard InChI is InChI=1S/C19H23NO4/c1-2-22-12-5-3-4-11(8-12)20-19(21)24-15-7-10-6-13(15)14-9-16-18(23-16)17(10)14/h3-5,8,10,13-18H,2,6-7,9H2,1H3,(H,20,21)/t10-,13+,14+,15-,16+,17+,18-/m0/s1. The minimum absolute atomic E-state index is 0.0730. The largest absolute Gasteiger partial charge is 0.494 e. The number of hydrogen-bond donors (Lipinski definition) is 1. The molecule has 0 unspecified atom stereocenters. The van der Waals surface area contributed by atoms with Gasteiger partial charge in [0.25, 0.3) is 0 Å². The molecule has 1 amide bonds. The minimum Gasteiger partial charge on any atom is -0.494 e. The van der Waals surface area contributed by atoms with Gasteiger partial charge < -0.3 is 14.2 Å². The van der Waals surface area contributed by atoms with Gasteiger partial charge in [-0.2, -0.15) is 0 Å². The van der Waals surface area contributed by atoms with E-state index in [0.717, 1.165) is 18.1 Å². The van der Waals surface area contributed by atoms with Gasteiger partial charge in [-0.05, 0) is 62.0 Å². The van der Waals surface area contributed by atoms with Crippen molar-refractivity contribution >= 4 is 11.8 Å². The number of carbonyl (C=O) groups excluding carboxylic acids is 1. The predicted molar refractivity (Wildman–Crippen MR) is 88.0 cm³/mol. The van der Waals surface area contributed by atoms with Crippen molar-refractivity contribution in [1.29, 1.82) is 0 Å². The smallest absolute Gasteiger partial charge is 0.411 e. The highest BCUT2D eigenvalue weighted by molar-refractivity contribution is 5.85. The Morgan fingerprint density at radius 2 is 2.21 bits per heavy atom. The van der Waals surface area contributed by atoms with Crippen molar-refractivity contribution < 1.29 is 19.0 Å². The molecule has 3 aliphatic carbocycles. The van der Waals surface area contributed by atoms with Crippen LogP contribution in [0.2, 0.25) is 0 Å². The van der Waals surface area contributed by atoms with Gasteiger partial charge in [0.15, 0.2) is 0 Å². The third kappa shape index (κ3) is 2.29. The lowest BCUT2D eigenvalue weighted by Crippen LogP contribution is -2.35. The molecule has 4 aliphatic rings. The average molecular weight is 329 g/mol. The molecule has 1 aromatic carbocycles. The van der Waals surface area contributed by atoms with E-state index < -0.39 is 0 Å². The Kier molecular flexibility index (Phi) is 3.27. The molecule has 1 saturated heterocycles. The highest BCUT2D eigenvalue weighted by Gasteiger charge is 2.67. The first-order valence-corrected chi connectivity index (χ1v) is 9.09. The summed E-state index contributed by atoms with van der Waals surface area (Å²) in [4.78, 5) is 12.3. The van der Waals surface area contributed by atoms with Gasteiger partial charge in [-0.15, -0.1) is 0 Å². The van der Waals surface area contributed by atoms with Gasteiger partial charge >= 0.3 is 6.09 Å². The minimum atomic E-state index is -0.350. The van der Waals surface area contributed by atoms with E-state index in [-0.39, 0.29) is 12.2 Å². The van der Waals surface area contributed by atoms with E-state index in [2.05, 4.69) is 5.32 Å². The van der Waals surface area contributed by atoms with Crippen LogP contribution >= 0.6 is 0 Å². The number of ether oxygens (including phenoxy) is 3. The number of fused-ring (bicyclic) bond motifs is 7. The third-order valence-electron chi connectivity index (χ3n) is 6.33. The second kappa shape index (κ2) is 5.38. The van der Waals surface area contributed by atoms with Crippen LogP contribution in [0, 0.1) is 23.7 Å². The van der Waals surface area contributed by atoms with Crippen LogP contribution in [-0.4, -0.2) is 31.0 Å². The molecule has 0 aromatic heterocycles. The number of carbonyl (C=O) groups is 1. The summed E-state index contributed by atoms with van der Waals surface area (Å²) >= 11 is 0. The van der Waals surface area contributed by atoms with Crippen molar-refractivity contribution in [2.24, 2.45) is 23.7 Å². The molecule has 5 rings (SSSR count). The van der Waals surface area contributed by atoms with Crippen molar-refractivity contribution in [3.8, 4) is 5.75 Å². The van der Waals surface area contributed by atoms with E-state index >= 15 is 0 Å². The molecule has 4 fully saturated rings. The van der Waals surface area contributed by atoms with Crippen LogP contribution in [-0.2, 0) is 9.47 Å². The summed E-state index contributed by atoms with van der Waals surface area (Å²) in [5, 5.41) is 2.84. The zero-order valence-corrected chi connectivity index (χ0v) is 13.8. The Morgan fingerprint density at radius 3 is 3.08 bits per heavy atom. The first kappa shape index (κ1) is 14.6. The monoisotopic (exact) mass is 329 g/mol. The molecule has 24 heavy (non-hydrogen) atoms. The molecule has 3 saturated carbocycles. The number of amides is 1. The first-order valence-electron chi connectivity index (χ1n) is 9.09. The van der Waals surface area contributed by atoms with Gasteiger partial charge in [0.1, 0.15) is 11.9 Å². The Balaban J connectivity index is 1.20. The summed E-state index contributed by atoms with van der Waals surface area (Å²) in [7, 11) is 0. The number of nitrogens with one attached hydrogen (secondary N) is 1. The van der Waals surface area contributed by atoms with Crippen LogP contribution in [0.15, 0.2) is 24.3 Å². The van der Waals surface area contributed by atoms with Crippen molar-refractivity contribution in [1.82, 2.24) is 0 Å². The highest BCUT2D eigenvalue weighted by Crippen LogP contribution is 2.64. The summed E-state index contributed by atoms with van der Waals surface area (Å²) in [6.45, 7) is 2.54.